The highest BCUT2D eigenvalue weighted by atomic mass is 32.2. The Morgan fingerprint density at radius 1 is 1.08 bits per heavy atom. The van der Waals surface area contributed by atoms with Crippen molar-refractivity contribution < 1.29 is 19.1 Å². The summed E-state index contributed by atoms with van der Waals surface area (Å²) in [6, 6.07) is 14.0. The number of amides is 2. The summed E-state index contributed by atoms with van der Waals surface area (Å²) in [4.78, 5) is 25.6. The molecular formula is C26H33N5O4S2. The highest BCUT2D eigenvalue weighted by molar-refractivity contribution is 7.99. The lowest BCUT2D eigenvalue weighted by Gasteiger charge is -2.19. The molecular weight excluding hydrogens is 510 g/mol. The number of hydrogen-bond donors (Lipinski definition) is 2. The molecule has 1 atom stereocenters. The number of methoxy groups -OCH3 is 1. The number of aromatic nitrogens is 3. The average molecular weight is 544 g/mol. The Balaban J connectivity index is 1.70. The van der Waals surface area contributed by atoms with Crippen LogP contribution in [0.4, 0.5) is 5.69 Å². The molecule has 1 aromatic heterocycles. The summed E-state index contributed by atoms with van der Waals surface area (Å²) in [5.41, 5.74) is 1.17. The third kappa shape index (κ3) is 7.90. The first-order valence-corrected chi connectivity index (χ1v) is 14.4. The average Bonchev–Trinajstić information content (AvgIpc) is 3.33. The molecule has 3 rings (SSSR count). The molecule has 0 fully saturated rings. The molecule has 1 heterocycles. The number of thioether (sulfide) groups is 2. The quantitative estimate of drug-likeness (QED) is 0.283. The number of ether oxygens (including phenoxy) is 2. The summed E-state index contributed by atoms with van der Waals surface area (Å²) in [5, 5.41) is 15.4. The molecule has 2 N–H and O–H groups in total. The van der Waals surface area contributed by atoms with Crippen molar-refractivity contribution in [3.63, 3.8) is 0 Å². The zero-order valence-corrected chi connectivity index (χ0v) is 23.2. The van der Waals surface area contributed by atoms with Gasteiger partial charge in [0.25, 0.3) is 5.91 Å². The summed E-state index contributed by atoms with van der Waals surface area (Å²) in [5.74, 6) is 2.63. The molecule has 0 aliphatic carbocycles. The molecule has 37 heavy (non-hydrogen) atoms. The van der Waals surface area contributed by atoms with Crippen LogP contribution in [0.15, 0.2) is 53.7 Å². The van der Waals surface area contributed by atoms with Crippen molar-refractivity contribution >= 4 is 41.0 Å². The maximum absolute atomic E-state index is 13.0. The van der Waals surface area contributed by atoms with E-state index < -0.39 is 0 Å². The standard InChI is InChI=1S/C26H33N5O4S2/c1-5-31-24(21(15-16-36-4)28-25(33)18-11-13-19(34-3)14-12-18)29-30-26(31)37-17-23(32)27-20-9-7-8-10-22(20)35-6-2/h7-14,21H,5-6,15-17H2,1-4H3,(H,27,32)(H,28,33)/t21-/m0/s1. The summed E-state index contributed by atoms with van der Waals surface area (Å²) < 4.78 is 12.7. The van der Waals surface area contributed by atoms with Crippen LogP contribution in [0.5, 0.6) is 11.5 Å². The first kappa shape index (κ1) is 28.4. The highest BCUT2D eigenvalue weighted by Gasteiger charge is 2.23. The van der Waals surface area contributed by atoms with E-state index in [-0.39, 0.29) is 23.6 Å². The Kier molecular flexibility index (Phi) is 11.2. The van der Waals surface area contributed by atoms with Gasteiger partial charge in [-0.15, -0.1) is 10.2 Å². The number of benzene rings is 2. The third-order valence-corrected chi connectivity index (χ3v) is 7.05. The molecule has 0 bridgehead atoms. The second-order valence-corrected chi connectivity index (χ2v) is 9.82. The number of para-hydroxylation sites is 2. The van der Waals surface area contributed by atoms with Crippen LogP contribution in [0.25, 0.3) is 0 Å². The van der Waals surface area contributed by atoms with Gasteiger partial charge in [-0.1, -0.05) is 23.9 Å². The number of carbonyl (C=O) groups is 2. The van der Waals surface area contributed by atoms with Crippen LogP contribution in [0.1, 0.15) is 42.5 Å². The Hall–Kier alpha value is -3.18. The zero-order chi connectivity index (χ0) is 26.6. The van der Waals surface area contributed by atoms with Crippen LogP contribution < -0.4 is 20.1 Å². The van der Waals surface area contributed by atoms with Crippen LogP contribution in [-0.2, 0) is 11.3 Å². The van der Waals surface area contributed by atoms with E-state index in [1.807, 2.05) is 48.9 Å². The van der Waals surface area contributed by atoms with Crippen molar-refractivity contribution in [2.45, 2.75) is 38.0 Å². The third-order valence-electron chi connectivity index (χ3n) is 5.43. The normalized spacial score (nSPS) is 11.6. The minimum atomic E-state index is -0.323. The number of carbonyl (C=O) groups excluding carboxylic acids is 2. The second kappa shape index (κ2) is 14.5. The number of anilines is 1. The minimum absolute atomic E-state index is 0.159. The Morgan fingerprint density at radius 3 is 2.51 bits per heavy atom. The lowest BCUT2D eigenvalue weighted by Crippen LogP contribution is -2.31. The van der Waals surface area contributed by atoms with Crippen molar-refractivity contribution in [2.75, 3.05) is 36.8 Å². The molecule has 0 radical (unpaired) electrons. The molecule has 0 unspecified atom stereocenters. The van der Waals surface area contributed by atoms with E-state index >= 15 is 0 Å². The highest BCUT2D eigenvalue weighted by Crippen LogP contribution is 2.26. The lowest BCUT2D eigenvalue weighted by atomic mass is 10.1. The van der Waals surface area contributed by atoms with Crippen molar-refractivity contribution in [1.29, 1.82) is 0 Å². The molecule has 2 amide bonds. The predicted molar refractivity (Wildman–Crippen MR) is 149 cm³/mol. The number of rotatable bonds is 14. The molecule has 3 aromatic rings. The van der Waals surface area contributed by atoms with Crippen LogP contribution >= 0.6 is 23.5 Å². The van der Waals surface area contributed by atoms with E-state index in [1.165, 1.54) is 11.8 Å². The first-order valence-electron chi connectivity index (χ1n) is 12.0. The van der Waals surface area contributed by atoms with Crippen molar-refractivity contribution in [1.82, 2.24) is 20.1 Å². The largest absolute Gasteiger partial charge is 0.497 e. The molecule has 9 nitrogen and oxygen atoms in total. The van der Waals surface area contributed by atoms with Gasteiger partial charge in [0.15, 0.2) is 11.0 Å². The lowest BCUT2D eigenvalue weighted by molar-refractivity contribution is -0.113. The second-order valence-electron chi connectivity index (χ2n) is 7.89. The first-order chi connectivity index (χ1) is 18.0. The van der Waals surface area contributed by atoms with Crippen LogP contribution in [0.2, 0.25) is 0 Å². The molecule has 2 aromatic carbocycles. The smallest absolute Gasteiger partial charge is 0.251 e. The summed E-state index contributed by atoms with van der Waals surface area (Å²) in [6.45, 7) is 5.01. The molecule has 0 saturated heterocycles. The van der Waals surface area contributed by atoms with Gasteiger partial charge in [0.2, 0.25) is 5.91 Å². The van der Waals surface area contributed by atoms with E-state index in [0.717, 1.165) is 5.75 Å². The van der Waals surface area contributed by atoms with Gasteiger partial charge in [0.05, 0.1) is 31.2 Å². The van der Waals surface area contributed by atoms with Gasteiger partial charge in [-0.25, -0.2) is 0 Å². The monoisotopic (exact) mass is 543 g/mol. The van der Waals surface area contributed by atoms with Gasteiger partial charge in [-0.2, -0.15) is 11.8 Å². The maximum atomic E-state index is 13.0. The Morgan fingerprint density at radius 2 is 1.84 bits per heavy atom. The predicted octanol–water partition coefficient (Wildman–Crippen LogP) is 4.66. The molecule has 11 heteroatoms. The Labute approximate surface area is 226 Å². The number of nitrogens with one attached hydrogen (secondary N) is 2. The van der Waals surface area contributed by atoms with Crippen molar-refractivity contribution in [2.24, 2.45) is 0 Å². The zero-order valence-electron chi connectivity index (χ0n) is 21.5. The van der Waals surface area contributed by atoms with Gasteiger partial charge in [-0.05, 0) is 68.7 Å². The fourth-order valence-electron chi connectivity index (χ4n) is 3.61. The van der Waals surface area contributed by atoms with Gasteiger partial charge < -0.3 is 24.7 Å². The fourth-order valence-corrected chi connectivity index (χ4v) is 4.90. The van der Waals surface area contributed by atoms with Crippen LogP contribution in [0, 0.1) is 0 Å². The van der Waals surface area contributed by atoms with E-state index in [9.17, 15) is 9.59 Å². The number of hydrogen-bond acceptors (Lipinski definition) is 8. The van der Waals surface area contributed by atoms with E-state index in [4.69, 9.17) is 9.47 Å². The molecule has 0 aliphatic heterocycles. The van der Waals surface area contributed by atoms with Gasteiger partial charge >= 0.3 is 0 Å². The summed E-state index contributed by atoms with van der Waals surface area (Å²) in [7, 11) is 1.59. The van der Waals surface area contributed by atoms with Gasteiger partial charge in [0, 0.05) is 12.1 Å². The molecule has 0 aliphatic rings. The van der Waals surface area contributed by atoms with E-state index in [2.05, 4.69) is 20.8 Å². The van der Waals surface area contributed by atoms with Crippen LogP contribution in [-0.4, -0.2) is 58.1 Å². The van der Waals surface area contributed by atoms with Crippen LogP contribution in [0.3, 0.4) is 0 Å². The summed E-state index contributed by atoms with van der Waals surface area (Å²) >= 11 is 3.00. The topological polar surface area (TPSA) is 107 Å². The van der Waals surface area contributed by atoms with Crippen molar-refractivity contribution in [3.8, 4) is 11.5 Å². The van der Waals surface area contributed by atoms with E-state index in [1.54, 1.807) is 43.1 Å². The van der Waals surface area contributed by atoms with Gasteiger partial charge in [0.1, 0.15) is 11.5 Å². The SMILES string of the molecule is CCOc1ccccc1NC(=O)CSc1nnc([C@H](CCSC)NC(=O)c2ccc(OC)cc2)n1CC. The van der Waals surface area contributed by atoms with E-state index in [0.29, 0.717) is 53.3 Å². The minimum Gasteiger partial charge on any atom is -0.497 e. The maximum Gasteiger partial charge on any atom is 0.251 e. The molecule has 0 saturated carbocycles. The Bertz CT molecular complexity index is 1170. The van der Waals surface area contributed by atoms with Gasteiger partial charge in [-0.3, -0.25) is 9.59 Å². The van der Waals surface area contributed by atoms with Crippen molar-refractivity contribution in [3.05, 3.63) is 59.9 Å². The fraction of sp³-hybridized carbons (Fsp3) is 0.385. The number of nitrogens with zero attached hydrogens (tertiary/aromatic N) is 3. The summed E-state index contributed by atoms with van der Waals surface area (Å²) in [6.07, 6.45) is 2.72. The molecule has 198 valence electrons. The molecule has 0 spiro atoms.